The minimum atomic E-state index is -0.146. The molecule has 2 aromatic rings. The molecule has 4 nitrogen and oxygen atoms in total. The van der Waals surface area contributed by atoms with Gasteiger partial charge in [0, 0.05) is 5.56 Å². The van der Waals surface area contributed by atoms with Crippen molar-refractivity contribution >= 4 is 34.6 Å². The second-order valence-corrected chi connectivity index (χ2v) is 6.09. The lowest BCUT2D eigenvalue weighted by atomic mass is 10.2. The highest BCUT2D eigenvalue weighted by molar-refractivity contribution is 8.18. The third-order valence-electron chi connectivity index (χ3n) is 3.31. The third kappa shape index (κ3) is 3.63. The van der Waals surface area contributed by atoms with Crippen LogP contribution in [0.5, 0.6) is 5.75 Å². The first kappa shape index (κ1) is 15.4. The van der Waals surface area contributed by atoms with Gasteiger partial charge in [-0.2, -0.15) is 0 Å². The summed E-state index contributed by atoms with van der Waals surface area (Å²) >= 11 is 1.33. The van der Waals surface area contributed by atoms with E-state index in [0.29, 0.717) is 10.1 Å². The quantitative estimate of drug-likeness (QED) is 0.871. The van der Waals surface area contributed by atoms with E-state index in [2.05, 4.69) is 10.3 Å². The molecule has 1 N–H and O–H groups in total. The van der Waals surface area contributed by atoms with Crippen LogP contribution in [0.3, 0.4) is 0 Å². The molecule has 0 bridgehead atoms. The molecule has 1 aliphatic heterocycles. The van der Waals surface area contributed by atoms with E-state index in [4.69, 9.17) is 4.74 Å². The molecule has 23 heavy (non-hydrogen) atoms. The number of nitrogens with zero attached hydrogens (tertiary/aromatic N) is 1. The number of amides is 1. The number of hydrogen-bond donors (Lipinski definition) is 1. The summed E-state index contributed by atoms with van der Waals surface area (Å²) in [6, 6.07) is 15.4. The van der Waals surface area contributed by atoms with Gasteiger partial charge >= 0.3 is 0 Å². The Morgan fingerprint density at radius 3 is 2.78 bits per heavy atom. The van der Waals surface area contributed by atoms with Crippen molar-refractivity contribution in [1.29, 1.82) is 0 Å². The van der Waals surface area contributed by atoms with Crippen molar-refractivity contribution in [2.75, 3.05) is 7.11 Å². The lowest BCUT2D eigenvalue weighted by Crippen LogP contribution is -2.19. The summed E-state index contributed by atoms with van der Waals surface area (Å²) in [4.78, 5) is 17.2. The number of para-hydroxylation sites is 1. The van der Waals surface area contributed by atoms with E-state index < -0.39 is 0 Å². The van der Waals surface area contributed by atoms with E-state index in [1.807, 2.05) is 61.5 Å². The van der Waals surface area contributed by atoms with Crippen molar-refractivity contribution in [2.45, 2.75) is 6.92 Å². The van der Waals surface area contributed by atoms with Gasteiger partial charge < -0.3 is 10.1 Å². The Labute approximate surface area is 139 Å². The number of rotatable bonds is 3. The second kappa shape index (κ2) is 6.71. The van der Waals surface area contributed by atoms with Crippen molar-refractivity contribution < 1.29 is 9.53 Å². The number of benzene rings is 2. The maximum absolute atomic E-state index is 12.1. The summed E-state index contributed by atoms with van der Waals surface area (Å²) in [6.07, 6.45) is 1.82. The summed E-state index contributed by atoms with van der Waals surface area (Å²) in [7, 11) is 1.61. The molecule has 1 fully saturated rings. The van der Waals surface area contributed by atoms with Gasteiger partial charge in [0.25, 0.3) is 5.91 Å². The van der Waals surface area contributed by atoms with Crippen molar-refractivity contribution in [3.05, 3.63) is 64.6 Å². The number of nitrogens with one attached hydrogen (secondary N) is 1. The summed E-state index contributed by atoms with van der Waals surface area (Å²) < 4.78 is 5.31. The van der Waals surface area contributed by atoms with Gasteiger partial charge in [0.1, 0.15) is 5.75 Å². The van der Waals surface area contributed by atoms with Crippen LogP contribution in [0.1, 0.15) is 11.1 Å². The van der Waals surface area contributed by atoms with Crippen LogP contribution in [0.2, 0.25) is 0 Å². The van der Waals surface area contributed by atoms with E-state index in [1.54, 1.807) is 7.11 Å². The molecule has 1 aliphatic rings. The Morgan fingerprint density at radius 1 is 1.17 bits per heavy atom. The largest absolute Gasteiger partial charge is 0.496 e. The zero-order chi connectivity index (χ0) is 16.2. The lowest BCUT2D eigenvalue weighted by molar-refractivity contribution is -0.115. The predicted molar refractivity (Wildman–Crippen MR) is 95.0 cm³/mol. The van der Waals surface area contributed by atoms with Crippen LogP contribution in [0.15, 0.2) is 58.4 Å². The number of aryl methyl sites for hydroxylation is 1. The van der Waals surface area contributed by atoms with E-state index >= 15 is 0 Å². The molecule has 0 unspecified atom stereocenters. The fourth-order valence-corrected chi connectivity index (χ4v) is 3.05. The SMILES string of the molecule is COc1ccccc1/C=C1\SC(=Nc2cccc(C)c2)NC1=O. The first-order valence-corrected chi connectivity index (χ1v) is 7.96. The van der Waals surface area contributed by atoms with Crippen LogP contribution in [0, 0.1) is 6.92 Å². The average Bonchev–Trinajstić information content (AvgIpc) is 2.87. The highest BCUT2D eigenvalue weighted by Crippen LogP contribution is 2.30. The molecule has 0 saturated carbocycles. The molecule has 0 aliphatic carbocycles. The molecule has 2 aromatic carbocycles. The van der Waals surface area contributed by atoms with Gasteiger partial charge in [0.2, 0.25) is 0 Å². The number of carbonyl (C=O) groups excluding carboxylic acids is 1. The number of carbonyl (C=O) groups is 1. The Balaban J connectivity index is 1.86. The highest BCUT2D eigenvalue weighted by atomic mass is 32.2. The highest BCUT2D eigenvalue weighted by Gasteiger charge is 2.24. The molecule has 0 radical (unpaired) electrons. The van der Waals surface area contributed by atoms with Crippen LogP contribution >= 0.6 is 11.8 Å². The van der Waals surface area contributed by atoms with Crippen LogP contribution < -0.4 is 10.1 Å². The first-order valence-electron chi connectivity index (χ1n) is 7.15. The van der Waals surface area contributed by atoms with Gasteiger partial charge in [0.15, 0.2) is 5.17 Å². The Hall–Kier alpha value is -2.53. The molecule has 5 heteroatoms. The van der Waals surface area contributed by atoms with Gasteiger partial charge in [-0.25, -0.2) is 4.99 Å². The minimum absolute atomic E-state index is 0.146. The molecule has 0 atom stereocenters. The normalized spacial score (nSPS) is 17.6. The number of aliphatic imine (C=N–C) groups is 1. The van der Waals surface area contributed by atoms with Gasteiger partial charge in [-0.3, -0.25) is 4.79 Å². The van der Waals surface area contributed by atoms with Crippen LogP contribution in [0.25, 0.3) is 6.08 Å². The van der Waals surface area contributed by atoms with E-state index in [1.165, 1.54) is 11.8 Å². The van der Waals surface area contributed by atoms with Crippen molar-refractivity contribution in [3.8, 4) is 5.75 Å². The maximum Gasteiger partial charge on any atom is 0.264 e. The average molecular weight is 324 g/mol. The van der Waals surface area contributed by atoms with Gasteiger partial charge in [-0.05, 0) is 48.5 Å². The predicted octanol–water partition coefficient (Wildman–Crippen LogP) is 3.90. The number of thioether (sulfide) groups is 1. The fraction of sp³-hybridized carbons (Fsp3) is 0.111. The number of amidine groups is 1. The van der Waals surface area contributed by atoms with Gasteiger partial charge in [-0.15, -0.1) is 0 Å². The Kier molecular flexibility index (Phi) is 4.48. The van der Waals surface area contributed by atoms with Gasteiger partial charge in [0.05, 0.1) is 17.7 Å². The summed E-state index contributed by atoms with van der Waals surface area (Å²) in [5.41, 5.74) is 2.82. The number of methoxy groups -OCH3 is 1. The van der Waals surface area contributed by atoms with Crippen LogP contribution in [0.4, 0.5) is 5.69 Å². The Bertz CT molecular complexity index is 812. The van der Waals surface area contributed by atoms with Gasteiger partial charge in [-0.1, -0.05) is 30.3 Å². The smallest absolute Gasteiger partial charge is 0.264 e. The van der Waals surface area contributed by atoms with Crippen LogP contribution in [-0.2, 0) is 4.79 Å². The molecule has 1 amide bonds. The minimum Gasteiger partial charge on any atom is -0.496 e. The van der Waals surface area contributed by atoms with Crippen molar-refractivity contribution in [3.63, 3.8) is 0 Å². The molecule has 1 saturated heterocycles. The third-order valence-corrected chi connectivity index (χ3v) is 4.22. The molecule has 1 heterocycles. The lowest BCUT2D eigenvalue weighted by Gasteiger charge is -2.03. The molecule has 0 aromatic heterocycles. The number of hydrogen-bond acceptors (Lipinski definition) is 4. The van der Waals surface area contributed by atoms with Crippen LogP contribution in [-0.4, -0.2) is 18.2 Å². The molecule has 3 rings (SSSR count). The maximum atomic E-state index is 12.1. The summed E-state index contributed by atoms with van der Waals surface area (Å²) in [5.74, 6) is 0.588. The zero-order valence-corrected chi connectivity index (χ0v) is 13.7. The summed E-state index contributed by atoms with van der Waals surface area (Å²) in [6.45, 7) is 2.01. The molecular weight excluding hydrogens is 308 g/mol. The Morgan fingerprint density at radius 2 is 2.00 bits per heavy atom. The summed E-state index contributed by atoms with van der Waals surface area (Å²) in [5, 5.41) is 3.38. The molecular formula is C18H16N2O2S. The second-order valence-electron chi connectivity index (χ2n) is 5.06. The van der Waals surface area contributed by atoms with E-state index in [9.17, 15) is 4.79 Å². The molecule has 116 valence electrons. The van der Waals surface area contributed by atoms with E-state index in [-0.39, 0.29) is 5.91 Å². The standard InChI is InChI=1S/C18H16N2O2S/c1-12-6-5-8-14(10-12)19-18-20-17(21)16(23-18)11-13-7-3-4-9-15(13)22-2/h3-11H,1-2H3,(H,19,20,21)/b16-11-. The monoisotopic (exact) mass is 324 g/mol. The van der Waals surface area contributed by atoms with Crippen molar-refractivity contribution in [1.82, 2.24) is 5.32 Å². The zero-order valence-electron chi connectivity index (χ0n) is 12.9. The van der Waals surface area contributed by atoms with E-state index in [0.717, 1.165) is 22.6 Å². The van der Waals surface area contributed by atoms with Crippen molar-refractivity contribution in [2.24, 2.45) is 4.99 Å². The molecule has 0 spiro atoms. The first-order chi connectivity index (χ1) is 11.2. The number of ether oxygens (including phenoxy) is 1. The topological polar surface area (TPSA) is 50.7 Å². The fourth-order valence-electron chi connectivity index (χ4n) is 2.22.